The highest BCUT2D eigenvalue weighted by molar-refractivity contribution is 5.45. The smallest absolute Gasteiger partial charge is 0.148 e. The van der Waals surface area contributed by atoms with E-state index in [0.717, 1.165) is 24.8 Å². The molecule has 1 fully saturated rings. The van der Waals surface area contributed by atoms with Gasteiger partial charge in [0.1, 0.15) is 10.8 Å². The van der Waals surface area contributed by atoms with Crippen molar-refractivity contribution < 1.29 is 0 Å². The molecule has 0 heterocycles. The van der Waals surface area contributed by atoms with Gasteiger partial charge in [0.15, 0.2) is 0 Å². The molecule has 0 saturated heterocycles. The summed E-state index contributed by atoms with van der Waals surface area (Å²) in [5.41, 5.74) is 3.37. The van der Waals surface area contributed by atoms with Gasteiger partial charge in [0.2, 0.25) is 0 Å². The van der Waals surface area contributed by atoms with Crippen LogP contribution >= 0.6 is 0 Å². The average Bonchev–Trinajstić information content (AvgIpc) is 3.09. The highest BCUT2D eigenvalue weighted by Crippen LogP contribution is 2.60. The van der Waals surface area contributed by atoms with Crippen molar-refractivity contribution in [3.8, 4) is 24.3 Å². The number of nitriles is 4. The Morgan fingerprint density at radius 1 is 0.846 bits per heavy atom. The largest absolute Gasteiger partial charge is 0.197 e. The number of hydrogen-bond acceptors (Lipinski definition) is 4. The van der Waals surface area contributed by atoms with Crippen LogP contribution in [0.4, 0.5) is 0 Å². The molecule has 26 heavy (non-hydrogen) atoms. The van der Waals surface area contributed by atoms with Gasteiger partial charge < -0.3 is 0 Å². The molecule has 128 valence electrons. The summed E-state index contributed by atoms with van der Waals surface area (Å²) < 4.78 is 0. The van der Waals surface area contributed by atoms with Crippen molar-refractivity contribution in [3.63, 3.8) is 0 Å². The summed E-state index contributed by atoms with van der Waals surface area (Å²) in [5.74, 6) is 0.607. The van der Waals surface area contributed by atoms with Crippen LogP contribution in [0.3, 0.4) is 0 Å². The summed E-state index contributed by atoms with van der Waals surface area (Å²) in [6.45, 7) is 4.29. The van der Waals surface area contributed by atoms with Gasteiger partial charge in [-0.3, -0.25) is 0 Å². The Bertz CT molecular complexity index is 893. The van der Waals surface area contributed by atoms with Gasteiger partial charge in [-0.1, -0.05) is 34.9 Å². The Balaban J connectivity index is 1.76. The number of fused-ring (bicyclic) bond motifs is 4. The maximum Gasteiger partial charge on any atom is 0.148 e. The van der Waals surface area contributed by atoms with Crippen LogP contribution in [0, 0.1) is 73.9 Å². The Morgan fingerprint density at radius 2 is 1.50 bits per heavy atom. The van der Waals surface area contributed by atoms with Crippen LogP contribution in [-0.4, -0.2) is 0 Å². The van der Waals surface area contributed by atoms with E-state index < -0.39 is 10.8 Å². The summed E-state index contributed by atoms with van der Waals surface area (Å²) >= 11 is 0. The molecule has 1 saturated carbocycles. The lowest BCUT2D eigenvalue weighted by Gasteiger charge is -2.43. The Kier molecular flexibility index (Phi) is 3.58. The first-order valence-corrected chi connectivity index (χ1v) is 9.24. The van der Waals surface area contributed by atoms with E-state index in [1.54, 1.807) is 0 Å². The average molecular weight is 340 g/mol. The first-order chi connectivity index (χ1) is 12.5. The topological polar surface area (TPSA) is 95.2 Å². The highest BCUT2D eigenvalue weighted by atomic mass is 14.6. The number of rotatable bonds is 0. The van der Waals surface area contributed by atoms with Crippen LogP contribution in [0.1, 0.15) is 44.9 Å². The lowest BCUT2D eigenvalue weighted by atomic mass is 9.60. The van der Waals surface area contributed by atoms with Gasteiger partial charge in [-0.2, -0.15) is 21.0 Å². The Hall–Kier alpha value is -2.82. The third kappa shape index (κ3) is 2.16. The lowest BCUT2D eigenvalue weighted by molar-refractivity contribution is 0.351. The molecule has 0 N–H and O–H groups in total. The zero-order valence-electron chi connectivity index (χ0n) is 14.8. The third-order valence-corrected chi connectivity index (χ3v) is 7.10. The van der Waals surface area contributed by atoms with Gasteiger partial charge in [-0.15, -0.1) is 0 Å². The molecule has 0 amide bonds. The number of allylic oxidation sites excluding steroid dienone is 5. The quantitative estimate of drug-likeness (QED) is 0.608. The van der Waals surface area contributed by atoms with E-state index in [2.05, 4.69) is 36.9 Å². The van der Waals surface area contributed by atoms with Crippen molar-refractivity contribution in [2.45, 2.75) is 44.9 Å². The standard InChI is InChI=1S/C22H20N4/c1-14-6-17-16(20-9-22(12-25,13-26)7-18(14)20)3-2-15-4-5-21(10-23,11-24)8-19(15)17/h4,18-20H,1-3,5-9H2/t18-,19-,20+/m0/s1. The molecule has 0 aromatic rings. The fourth-order valence-corrected chi connectivity index (χ4v) is 5.66. The monoisotopic (exact) mass is 340 g/mol. The van der Waals surface area contributed by atoms with Crippen molar-refractivity contribution in [3.05, 3.63) is 34.9 Å². The Morgan fingerprint density at radius 3 is 2.15 bits per heavy atom. The van der Waals surface area contributed by atoms with Crippen LogP contribution in [0.2, 0.25) is 0 Å². The molecule has 0 unspecified atom stereocenters. The van der Waals surface area contributed by atoms with Gasteiger partial charge in [0.25, 0.3) is 0 Å². The summed E-state index contributed by atoms with van der Waals surface area (Å²) in [6, 6.07) is 9.03. The zero-order chi connectivity index (χ0) is 18.5. The first kappa shape index (κ1) is 16.6. The molecule has 0 radical (unpaired) electrons. The van der Waals surface area contributed by atoms with Crippen molar-refractivity contribution in [1.82, 2.24) is 0 Å². The van der Waals surface area contributed by atoms with E-state index in [1.165, 1.54) is 16.7 Å². The summed E-state index contributed by atoms with van der Waals surface area (Å²) in [6.07, 6.45) is 7.12. The lowest BCUT2D eigenvalue weighted by Crippen LogP contribution is -2.33. The highest BCUT2D eigenvalue weighted by Gasteiger charge is 2.52. The first-order valence-electron chi connectivity index (χ1n) is 9.24. The fraction of sp³-hybridized carbons (Fsp3) is 0.545. The minimum Gasteiger partial charge on any atom is -0.197 e. The second kappa shape index (κ2) is 5.59. The van der Waals surface area contributed by atoms with Crippen LogP contribution in [-0.2, 0) is 0 Å². The van der Waals surface area contributed by atoms with Gasteiger partial charge in [0, 0.05) is 5.92 Å². The van der Waals surface area contributed by atoms with Crippen molar-refractivity contribution in [2.24, 2.45) is 28.6 Å². The Labute approximate surface area is 154 Å². The minimum atomic E-state index is -0.930. The molecule has 4 aliphatic rings. The van der Waals surface area contributed by atoms with Crippen LogP contribution < -0.4 is 0 Å². The molecule has 0 aromatic heterocycles. The molecule has 0 aromatic carbocycles. The van der Waals surface area contributed by atoms with E-state index in [9.17, 15) is 21.0 Å². The molecular weight excluding hydrogens is 320 g/mol. The van der Waals surface area contributed by atoms with Gasteiger partial charge in [0.05, 0.1) is 24.3 Å². The summed E-state index contributed by atoms with van der Waals surface area (Å²) in [4.78, 5) is 0. The van der Waals surface area contributed by atoms with E-state index >= 15 is 0 Å². The molecule has 4 nitrogen and oxygen atoms in total. The van der Waals surface area contributed by atoms with Gasteiger partial charge in [-0.25, -0.2) is 0 Å². The molecule has 4 rings (SSSR count). The van der Waals surface area contributed by atoms with E-state index in [0.29, 0.717) is 25.7 Å². The maximum absolute atomic E-state index is 9.57. The molecule has 4 aliphatic carbocycles. The summed E-state index contributed by atoms with van der Waals surface area (Å²) in [5, 5.41) is 38.2. The van der Waals surface area contributed by atoms with Crippen molar-refractivity contribution >= 4 is 0 Å². The SMILES string of the molecule is C=C1CC2=C(CCC3=CCC(C#N)(C#N)C[C@@H]32)[C@H]2CC(C#N)(C#N)C[C@@H]12. The predicted molar refractivity (Wildman–Crippen MR) is 94.4 cm³/mol. The van der Waals surface area contributed by atoms with Crippen LogP contribution in [0.25, 0.3) is 0 Å². The minimum absolute atomic E-state index is 0.156. The maximum atomic E-state index is 9.57. The molecule has 3 atom stereocenters. The second-order valence-electron chi connectivity index (χ2n) is 8.36. The van der Waals surface area contributed by atoms with Gasteiger partial charge >= 0.3 is 0 Å². The van der Waals surface area contributed by atoms with E-state index in [1.807, 2.05) is 0 Å². The number of nitrogens with zero attached hydrogens (tertiary/aromatic N) is 4. The van der Waals surface area contributed by atoms with Gasteiger partial charge in [-0.05, 0) is 56.8 Å². The predicted octanol–water partition coefficient (Wildman–Crippen LogP) is 4.47. The third-order valence-electron chi connectivity index (χ3n) is 7.10. The summed E-state index contributed by atoms with van der Waals surface area (Å²) in [7, 11) is 0. The zero-order valence-corrected chi connectivity index (χ0v) is 14.8. The van der Waals surface area contributed by atoms with Crippen LogP contribution in [0.15, 0.2) is 34.9 Å². The molecular formula is C22H20N4. The van der Waals surface area contributed by atoms with E-state index in [4.69, 9.17) is 0 Å². The fourth-order valence-electron chi connectivity index (χ4n) is 5.66. The molecule has 0 spiro atoms. The van der Waals surface area contributed by atoms with Crippen molar-refractivity contribution in [1.29, 1.82) is 21.0 Å². The second-order valence-corrected chi connectivity index (χ2v) is 8.36. The number of hydrogen-bond donors (Lipinski definition) is 0. The normalized spacial score (nSPS) is 33.3. The van der Waals surface area contributed by atoms with Crippen LogP contribution in [0.5, 0.6) is 0 Å². The molecule has 0 bridgehead atoms. The van der Waals surface area contributed by atoms with E-state index in [-0.39, 0.29) is 17.8 Å². The molecule has 4 heteroatoms. The van der Waals surface area contributed by atoms with Crippen molar-refractivity contribution in [2.75, 3.05) is 0 Å². The molecule has 0 aliphatic heterocycles.